The summed E-state index contributed by atoms with van der Waals surface area (Å²) in [5.41, 5.74) is 1.01. The maximum absolute atomic E-state index is 13.8. The van der Waals surface area contributed by atoms with Crippen LogP contribution in [0.5, 0.6) is 0 Å². The lowest BCUT2D eigenvalue weighted by molar-refractivity contribution is -0.127. The van der Waals surface area contributed by atoms with Crippen LogP contribution < -0.4 is 4.72 Å². The summed E-state index contributed by atoms with van der Waals surface area (Å²) in [5, 5.41) is 0.112. The summed E-state index contributed by atoms with van der Waals surface area (Å²) < 4.78 is 40.5. The van der Waals surface area contributed by atoms with E-state index in [1.807, 2.05) is 0 Å². The topological polar surface area (TPSA) is 66.5 Å². The van der Waals surface area contributed by atoms with Crippen molar-refractivity contribution in [1.29, 1.82) is 0 Å². The van der Waals surface area contributed by atoms with Crippen LogP contribution in [0.15, 0.2) is 47.4 Å². The van der Waals surface area contributed by atoms with Crippen molar-refractivity contribution >= 4 is 33.2 Å². The van der Waals surface area contributed by atoms with Crippen LogP contribution in [0.25, 0.3) is 0 Å². The van der Waals surface area contributed by atoms with Crippen LogP contribution in [0.3, 0.4) is 0 Å². The number of nitrogens with one attached hydrogen (secondary N) is 1. The summed E-state index contributed by atoms with van der Waals surface area (Å²) in [6.07, 6.45) is 0.214. The van der Waals surface area contributed by atoms with E-state index in [4.69, 9.17) is 11.6 Å². The summed E-state index contributed by atoms with van der Waals surface area (Å²) >= 11 is 5.62. The van der Waals surface area contributed by atoms with E-state index in [0.29, 0.717) is 0 Å². The van der Waals surface area contributed by atoms with Gasteiger partial charge in [0.2, 0.25) is 5.91 Å². The van der Waals surface area contributed by atoms with Gasteiger partial charge in [-0.2, -0.15) is 0 Å². The summed E-state index contributed by atoms with van der Waals surface area (Å²) in [4.78, 5) is 12.6. The van der Waals surface area contributed by atoms with E-state index in [-0.39, 0.29) is 23.0 Å². The Bertz CT molecular complexity index is 852. The number of hydrogen-bond acceptors (Lipinski definition) is 3. The summed E-state index contributed by atoms with van der Waals surface area (Å²) in [6.45, 7) is 0. The van der Waals surface area contributed by atoms with E-state index < -0.39 is 20.7 Å². The molecular formula is C16H16ClFN2O3S. The largest absolute Gasteiger partial charge is 0.349 e. The molecule has 0 bridgehead atoms. The highest BCUT2D eigenvalue weighted by molar-refractivity contribution is 7.92. The van der Waals surface area contributed by atoms with Gasteiger partial charge >= 0.3 is 0 Å². The number of likely N-dealkylation sites (N-methyl/N-ethyl adjacent to an activating group) is 1. The molecule has 0 aromatic heterocycles. The molecule has 2 aromatic carbocycles. The fraction of sp³-hybridized carbons (Fsp3) is 0.188. The lowest BCUT2D eigenvalue weighted by Crippen LogP contribution is -2.23. The Labute approximate surface area is 145 Å². The van der Waals surface area contributed by atoms with Crippen molar-refractivity contribution < 1.29 is 17.6 Å². The van der Waals surface area contributed by atoms with Crippen LogP contribution in [0.2, 0.25) is 5.02 Å². The van der Waals surface area contributed by atoms with E-state index in [1.54, 1.807) is 26.2 Å². The second kappa shape index (κ2) is 7.19. The highest BCUT2D eigenvalue weighted by atomic mass is 35.5. The predicted octanol–water partition coefficient (Wildman–Crippen LogP) is 2.91. The van der Waals surface area contributed by atoms with Crippen molar-refractivity contribution in [1.82, 2.24) is 4.90 Å². The molecule has 5 nitrogen and oxygen atoms in total. The standard InChI is InChI=1S/C16H16ClFN2O3S/c1-20(2)16(21)9-11-3-6-13(7-4-11)19-24(22,23)15-8-5-12(17)10-14(15)18/h3-8,10,19H,9H2,1-2H3. The first-order chi connectivity index (χ1) is 11.2. The zero-order valence-corrected chi connectivity index (χ0v) is 14.7. The number of benzene rings is 2. The number of hydrogen-bond donors (Lipinski definition) is 1. The molecular weight excluding hydrogens is 355 g/mol. The maximum atomic E-state index is 13.8. The van der Waals surface area contributed by atoms with Crippen molar-refractivity contribution in [3.8, 4) is 0 Å². The Balaban J connectivity index is 2.17. The number of anilines is 1. The van der Waals surface area contributed by atoms with Gasteiger partial charge in [-0.1, -0.05) is 23.7 Å². The predicted molar refractivity (Wildman–Crippen MR) is 91.1 cm³/mol. The first-order valence-corrected chi connectivity index (χ1v) is 8.82. The van der Waals surface area contributed by atoms with Crippen molar-refractivity contribution in [2.45, 2.75) is 11.3 Å². The Morgan fingerprint density at radius 2 is 1.79 bits per heavy atom. The SMILES string of the molecule is CN(C)C(=O)Cc1ccc(NS(=O)(=O)c2ccc(Cl)cc2F)cc1. The van der Waals surface area contributed by atoms with Crippen LogP contribution >= 0.6 is 11.6 Å². The molecule has 0 fully saturated rings. The second-order valence-electron chi connectivity index (χ2n) is 5.34. The highest BCUT2D eigenvalue weighted by Crippen LogP contribution is 2.22. The number of carbonyl (C=O) groups excluding carboxylic acids is 1. The fourth-order valence-electron chi connectivity index (χ4n) is 1.93. The van der Waals surface area contributed by atoms with Gasteiger partial charge in [0.1, 0.15) is 10.7 Å². The van der Waals surface area contributed by atoms with E-state index in [0.717, 1.165) is 17.7 Å². The van der Waals surface area contributed by atoms with Crippen LogP contribution in [-0.2, 0) is 21.2 Å². The van der Waals surface area contributed by atoms with Gasteiger partial charge in [-0.25, -0.2) is 12.8 Å². The number of nitrogens with zero attached hydrogens (tertiary/aromatic N) is 1. The third-order valence-electron chi connectivity index (χ3n) is 3.24. The van der Waals surface area contributed by atoms with Crippen LogP contribution in [0.1, 0.15) is 5.56 Å². The molecule has 128 valence electrons. The molecule has 0 aliphatic carbocycles. The third kappa shape index (κ3) is 4.46. The van der Waals surface area contributed by atoms with Crippen molar-refractivity contribution in [2.75, 3.05) is 18.8 Å². The van der Waals surface area contributed by atoms with Crippen LogP contribution in [0, 0.1) is 5.82 Å². The Hall–Kier alpha value is -2.12. The molecule has 0 atom stereocenters. The van der Waals surface area contributed by atoms with Gasteiger partial charge < -0.3 is 4.90 Å². The lowest BCUT2D eigenvalue weighted by Gasteiger charge is -2.11. The molecule has 0 saturated heterocycles. The minimum atomic E-state index is -4.07. The minimum Gasteiger partial charge on any atom is -0.349 e. The summed E-state index contributed by atoms with van der Waals surface area (Å²) in [5.74, 6) is -0.991. The van der Waals surface area contributed by atoms with E-state index in [1.165, 1.54) is 23.1 Å². The van der Waals surface area contributed by atoms with Gasteiger partial charge in [0.05, 0.1) is 6.42 Å². The van der Waals surface area contributed by atoms with Gasteiger partial charge in [-0.3, -0.25) is 9.52 Å². The summed E-state index contributed by atoms with van der Waals surface area (Å²) in [6, 6.07) is 9.65. The van der Waals surface area contributed by atoms with Gasteiger partial charge in [0, 0.05) is 24.8 Å². The van der Waals surface area contributed by atoms with Gasteiger partial charge in [0.15, 0.2) is 0 Å². The number of carbonyl (C=O) groups is 1. The monoisotopic (exact) mass is 370 g/mol. The van der Waals surface area contributed by atoms with Crippen LogP contribution in [0.4, 0.5) is 10.1 Å². The highest BCUT2D eigenvalue weighted by Gasteiger charge is 2.19. The fourth-order valence-corrected chi connectivity index (χ4v) is 3.20. The van der Waals surface area contributed by atoms with E-state index in [9.17, 15) is 17.6 Å². The molecule has 24 heavy (non-hydrogen) atoms. The first-order valence-electron chi connectivity index (χ1n) is 6.96. The Kier molecular flexibility index (Phi) is 5.46. The second-order valence-corrected chi connectivity index (χ2v) is 7.43. The number of sulfonamides is 1. The smallest absolute Gasteiger partial charge is 0.264 e. The molecule has 0 aliphatic rings. The van der Waals surface area contributed by atoms with Gasteiger partial charge in [-0.05, 0) is 35.9 Å². The quantitative estimate of drug-likeness (QED) is 0.880. The lowest BCUT2D eigenvalue weighted by atomic mass is 10.1. The zero-order chi connectivity index (χ0) is 17.9. The normalized spacial score (nSPS) is 11.2. The molecule has 1 amide bonds. The Morgan fingerprint density at radius 1 is 1.17 bits per heavy atom. The van der Waals surface area contributed by atoms with Gasteiger partial charge in [-0.15, -0.1) is 0 Å². The molecule has 0 spiro atoms. The molecule has 0 unspecified atom stereocenters. The van der Waals surface area contributed by atoms with Crippen molar-refractivity contribution in [3.63, 3.8) is 0 Å². The molecule has 0 radical (unpaired) electrons. The third-order valence-corrected chi connectivity index (χ3v) is 4.89. The molecule has 0 aliphatic heterocycles. The zero-order valence-electron chi connectivity index (χ0n) is 13.1. The average molecular weight is 371 g/mol. The molecule has 1 N–H and O–H groups in total. The average Bonchev–Trinajstić information content (AvgIpc) is 2.48. The van der Waals surface area contributed by atoms with Crippen LogP contribution in [-0.4, -0.2) is 33.3 Å². The molecule has 8 heteroatoms. The maximum Gasteiger partial charge on any atom is 0.264 e. The van der Waals surface area contributed by atoms with Crippen molar-refractivity contribution in [3.05, 3.63) is 58.9 Å². The number of amides is 1. The summed E-state index contributed by atoms with van der Waals surface area (Å²) in [7, 11) is -0.752. The Morgan fingerprint density at radius 3 is 2.33 bits per heavy atom. The van der Waals surface area contributed by atoms with E-state index in [2.05, 4.69) is 4.72 Å². The molecule has 0 heterocycles. The number of rotatable bonds is 5. The molecule has 2 aromatic rings. The molecule has 0 saturated carbocycles. The van der Waals surface area contributed by atoms with E-state index >= 15 is 0 Å². The number of halogens is 2. The van der Waals surface area contributed by atoms with Gasteiger partial charge in [0.25, 0.3) is 10.0 Å². The first kappa shape index (κ1) is 18.2. The minimum absolute atomic E-state index is 0.0634. The molecule has 2 rings (SSSR count). The van der Waals surface area contributed by atoms with Crippen molar-refractivity contribution in [2.24, 2.45) is 0 Å².